The number of guanidine groups is 1. The molecule has 0 atom stereocenters. The number of nitrogens with zero attached hydrogens (tertiary/aromatic N) is 3. The van der Waals surface area contributed by atoms with E-state index in [9.17, 15) is 8.42 Å². The van der Waals surface area contributed by atoms with Crippen LogP contribution in [0.2, 0.25) is 0 Å². The molecule has 0 aliphatic heterocycles. The van der Waals surface area contributed by atoms with Gasteiger partial charge in [0.1, 0.15) is 0 Å². The van der Waals surface area contributed by atoms with Gasteiger partial charge in [0, 0.05) is 38.1 Å². The Morgan fingerprint density at radius 3 is 2.41 bits per heavy atom. The second-order valence-corrected chi connectivity index (χ2v) is 10.2. The molecule has 2 aromatic rings. The quantitative estimate of drug-likeness (QED) is 0.483. The van der Waals surface area contributed by atoms with E-state index in [0.717, 1.165) is 31.0 Å². The number of hydrogen-bond donors (Lipinski definition) is 1. The van der Waals surface area contributed by atoms with E-state index in [-0.39, 0.29) is 6.04 Å². The molecule has 0 aliphatic carbocycles. The maximum absolute atomic E-state index is 12.6. The Bertz CT molecular complexity index is 876. The number of hydrogen-bond acceptors (Lipinski definition) is 4. The predicted molar refractivity (Wildman–Crippen MR) is 122 cm³/mol. The number of likely N-dealkylation sites (N-methyl/N-ethyl adjacent to an activating group) is 1. The fraction of sp³-hybridized carbons (Fsp3) is 0.476. The average Bonchev–Trinajstić information content (AvgIpc) is 3.22. The molecule has 160 valence electrons. The van der Waals surface area contributed by atoms with Crippen LogP contribution in [0.3, 0.4) is 0 Å². The molecule has 0 aliphatic rings. The molecule has 1 aromatic carbocycles. The van der Waals surface area contributed by atoms with Crippen LogP contribution in [0, 0.1) is 0 Å². The van der Waals surface area contributed by atoms with Crippen LogP contribution in [0.25, 0.3) is 0 Å². The summed E-state index contributed by atoms with van der Waals surface area (Å²) >= 11 is 1.77. The minimum atomic E-state index is -3.46. The van der Waals surface area contributed by atoms with Gasteiger partial charge in [-0.1, -0.05) is 18.2 Å². The summed E-state index contributed by atoms with van der Waals surface area (Å²) in [5, 5.41) is 5.42. The average molecular weight is 437 g/mol. The van der Waals surface area contributed by atoms with Crippen LogP contribution in [0.4, 0.5) is 0 Å². The molecule has 1 aromatic heterocycles. The van der Waals surface area contributed by atoms with E-state index >= 15 is 0 Å². The first-order chi connectivity index (χ1) is 13.8. The van der Waals surface area contributed by atoms with Crippen molar-refractivity contribution in [2.45, 2.75) is 44.7 Å². The molecule has 0 saturated carbocycles. The Kier molecular flexibility index (Phi) is 8.67. The molecule has 1 N–H and O–H groups in total. The third-order valence-electron chi connectivity index (χ3n) is 4.71. The summed E-state index contributed by atoms with van der Waals surface area (Å²) in [5.74, 6) is 0.847. The van der Waals surface area contributed by atoms with Crippen molar-refractivity contribution < 1.29 is 8.42 Å². The predicted octanol–water partition coefficient (Wildman–Crippen LogP) is 3.42. The number of rotatable bonds is 9. The lowest BCUT2D eigenvalue weighted by molar-refractivity contribution is 0.410. The largest absolute Gasteiger partial charge is 0.357 e. The molecule has 0 bridgehead atoms. The third-order valence-corrected chi connectivity index (χ3v) is 7.69. The molecule has 29 heavy (non-hydrogen) atoms. The Hall–Kier alpha value is -1.90. The molecule has 0 fully saturated rings. The Balaban J connectivity index is 2.05. The van der Waals surface area contributed by atoms with Crippen molar-refractivity contribution >= 4 is 27.3 Å². The zero-order chi connectivity index (χ0) is 21.4. The lowest BCUT2D eigenvalue weighted by Gasteiger charge is -2.22. The van der Waals surface area contributed by atoms with Crippen molar-refractivity contribution in [2.24, 2.45) is 4.99 Å². The first-order valence-electron chi connectivity index (χ1n) is 9.84. The SMILES string of the molecule is CCNC(=NCc1ccc(S(=O)(=O)N(C)C(C)C)cc1)N(C)CCc1cccs1. The molecule has 6 nitrogen and oxygen atoms in total. The van der Waals surface area contributed by atoms with Gasteiger partial charge in [0.05, 0.1) is 11.4 Å². The van der Waals surface area contributed by atoms with E-state index in [2.05, 4.69) is 27.7 Å². The Morgan fingerprint density at radius 1 is 1.17 bits per heavy atom. The number of aliphatic imine (C=N–C) groups is 1. The lowest BCUT2D eigenvalue weighted by Crippen LogP contribution is -2.39. The summed E-state index contributed by atoms with van der Waals surface area (Å²) in [4.78, 5) is 8.50. The molecule has 0 saturated heterocycles. The summed E-state index contributed by atoms with van der Waals surface area (Å²) in [6.45, 7) is 7.93. The topological polar surface area (TPSA) is 65.0 Å². The second kappa shape index (κ2) is 10.8. The molecular formula is C21H32N4O2S2. The monoisotopic (exact) mass is 436 g/mol. The van der Waals surface area contributed by atoms with Gasteiger partial charge >= 0.3 is 0 Å². The summed E-state index contributed by atoms with van der Waals surface area (Å²) in [5.41, 5.74) is 0.971. The van der Waals surface area contributed by atoms with Gasteiger partial charge in [-0.3, -0.25) is 0 Å². The minimum absolute atomic E-state index is 0.0864. The second-order valence-electron chi connectivity index (χ2n) is 7.18. The maximum Gasteiger partial charge on any atom is 0.243 e. The highest BCUT2D eigenvalue weighted by molar-refractivity contribution is 7.89. The zero-order valence-electron chi connectivity index (χ0n) is 17.9. The first kappa shape index (κ1) is 23.4. The van der Waals surface area contributed by atoms with E-state index in [1.807, 2.05) is 40.0 Å². The fourth-order valence-corrected chi connectivity index (χ4v) is 4.75. The zero-order valence-corrected chi connectivity index (χ0v) is 19.6. The molecule has 1 heterocycles. The van der Waals surface area contributed by atoms with Gasteiger partial charge in [0.25, 0.3) is 0 Å². The van der Waals surface area contributed by atoms with Gasteiger partial charge in [-0.15, -0.1) is 11.3 Å². The van der Waals surface area contributed by atoms with E-state index in [4.69, 9.17) is 4.99 Å². The number of thiophene rings is 1. The van der Waals surface area contributed by atoms with Crippen LogP contribution < -0.4 is 5.32 Å². The van der Waals surface area contributed by atoms with E-state index < -0.39 is 10.0 Å². The molecular weight excluding hydrogens is 404 g/mol. The molecule has 0 unspecified atom stereocenters. The van der Waals surface area contributed by atoms with Gasteiger partial charge in [-0.2, -0.15) is 4.31 Å². The highest BCUT2D eigenvalue weighted by atomic mass is 32.2. The van der Waals surface area contributed by atoms with Gasteiger partial charge in [-0.25, -0.2) is 13.4 Å². The van der Waals surface area contributed by atoms with Crippen LogP contribution in [0.5, 0.6) is 0 Å². The summed E-state index contributed by atoms with van der Waals surface area (Å²) < 4.78 is 26.5. The molecule has 8 heteroatoms. The van der Waals surface area contributed by atoms with Crippen LogP contribution in [-0.2, 0) is 23.0 Å². The highest BCUT2D eigenvalue weighted by Gasteiger charge is 2.22. The minimum Gasteiger partial charge on any atom is -0.357 e. The van der Waals surface area contributed by atoms with Crippen molar-refractivity contribution in [2.75, 3.05) is 27.2 Å². The Labute approximate surface area is 179 Å². The van der Waals surface area contributed by atoms with E-state index in [1.165, 1.54) is 9.18 Å². The van der Waals surface area contributed by atoms with Crippen molar-refractivity contribution in [3.63, 3.8) is 0 Å². The first-order valence-corrected chi connectivity index (χ1v) is 12.2. The van der Waals surface area contributed by atoms with Gasteiger partial charge in [0.15, 0.2) is 5.96 Å². The van der Waals surface area contributed by atoms with Crippen LogP contribution in [0.1, 0.15) is 31.2 Å². The number of sulfonamides is 1. The highest BCUT2D eigenvalue weighted by Crippen LogP contribution is 2.17. The maximum atomic E-state index is 12.6. The summed E-state index contributed by atoms with van der Waals surface area (Å²) in [6, 6.07) is 11.1. The number of benzene rings is 1. The standard InChI is InChI=1S/C21H32N4O2S2/c1-6-22-21(24(4)14-13-19-8-7-15-28-19)23-16-18-9-11-20(12-10-18)29(26,27)25(5)17(2)3/h7-12,15,17H,6,13-14,16H2,1-5H3,(H,22,23). The van der Waals surface area contributed by atoms with Crippen molar-refractivity contribution in [3.8, 4) is 0 Å². The van der Waals surface area contributed by atoms with Crippen molar-refractivity contribution in [1.82, 2.24) is 14.5 Å². The Morgan fingerprint density at radius 2 is 1.86 bits per heavy atom. The summed E-state index contributed by atoms with van der Waals surface area (Å²) in [6.07, 6.45) is 0.981. The van der Waals surface area contributed by atoms with Gasteiger partial charge in [-0.05, 0) is 56.3 Å². The molecule has 2 rings (SSSR count). The molecule has 0 amide bonds. The van der Waals surface area contributed by atoms with Crippen molar-refractivity contribution in [1.29, 1.82) is 0 Å². The van der Waals surface area contributed by atoms with Gasteiger partial charge < -0.3 is 10.2 Å². The number of nitrogens with one attached hydrogen (secondary N) is 1. The third kappa shape index (κ3) is 6.55. The summed E-state index contributed by atoms with van der Waals surface area (Å²) in [7, 11) is 0.179. The fourth-order valence-electron chi connectivity index (χ4n) is 2.69. The van der Waals surface area contributed by atoms with Gasteiger partial charge in [0.2, 0.25) is 10.0 Å². The van der Waals surface area contributed by atoms with Crippen molar-refractivity contribution in [3.05, 3.63) is 52.2 Å². The van der Waals surface area contributed by atoms with E-state index in [1.54, 1.807) is 30.5 Å². The van der Waals surface area contributed by atoms with Crippen LogP contribution in [-0.4, -0.2) is 56.8 Å². The molecule has 0 spiro atoms. The van der Waals surface area contributed by atoms with Crippen LogP contribution in [0.15, 0.2) is 51.7 Å². The smallest absolute Gasteiger partial charge is 0.243 e. The normalized spacial score (nSPS) is 12.6. The van der Waals surface area contributed by atoms with Crippen LogP contribution >= 0.6 is 11.3 Å². The lowest BCUT2D eigenvalue weighted by atomic mass is 10.2. The molecule has 0 radical (unpaired) electrons. The van der Waals surface area contributed by atoms with E-state index in [0.29, 0.717) is 11.4 Å².